The monoisotopic (exact) mass is 199 g/mol. The lowest BCUT2D eigenvalue weighted by molar-refractivity contribution is -0.303. The van der Waals surface area contributed by atoms with Gasteiger partial charge in [0.05, 0.1) is 18.2 Å². The van der Waals surface area contributed by atoms with Crippen molar-refractivity contribution >= 4 is 23.3 Å². The van der Waals surface area contributed by atoms with Crippen molar-refractivity contribution in [3.05, 3.63) is 29.3 Å². The van der Waals surface area contributed by atoms with Gasteiger partial charge in [-0.25, -0.2) is 5.84 Å². The molecule has 70 valence electrons. The summed E-state index contributed by atoms with van der Waals surface area (Å²) in [5.41, 5.74) is 0.539. The number of halogens is 1. The Bertz CT molecular complexity index is 317. The average Bonchev–Trinajstić information content (AvgIpc) is 2.03. The molecule has 1 aromatic rings. The highest BCUT2D eigenvalue weighted by Crippen LogP contribution is 2.16. The SMILES string of the molecule is NN(CC(=O)[O-])c1cccc(Cl)c1. The van der Waals surface area contributed by atoms with E-state index in [1.165, 1.54) is 0 Å². The molecule has 13 heavy (non-hydrogen) atoms. The summed E-state index contributed by atoms with van der Waals surface area (Å²) in [5, 5.41) is 11.8. The number of nitrogens with two attached hydrogens (primary N) is 1. The Hall–Kier alpha value is -1.26. The molecule has 0 radical (unpaired) electrons. The molecule has 0 aromatic heterocycles. The van der Waals surface area contributed by atoms with E-state index in [1.807, 2.05) is 0 Å². The summed E-state index contributed by atoms with van der Waals surface area (Å²) in [6, 6.07) is 6.60. The fourth-order valence-electron chi connectivity index (χ4n) is 0.885. The van der Waals surface area contributed by atoms with Crippen LogP contribution in [0.5, 0.6) is 0 Å². The molecule has 1 rings (SSSR count). The highest BCUT2D eigenvalue weighted by Gasteiger charge is 2.01. The highest BCUT2D eigenvalue weighted by molar-refractivity contribution is 6.30. The second-order valence-corrected chi connectivity index (χ2v) is 2.92. The first-order chi connectivity index (χ1) is 6.09. The first-order valence-corrected chi connectivity index (χ1v) is 3.95. The van der Waals surface area contributed by atoms with Gasteiger partial charge in [0, 0.05) is 5.02 Å². The Morgan fingerprint density at radius 1 is 1.62 bits per heavy atom. The molecule has 0 saturated heterocycles. The maximum absolute atomic E-state index is 10.2. The zero-order chi connectivity index (χ0) is 9.84. The lowest BCUT2D eigenvalue weighted by atomic mass is 10.3. The number of hydrazine groups is 1. The highest BCUT2D eigenvalue weighted by atomic mass is 35.5. The summed E-state index contributed by atoms with van der Waals surface area (Å²) in [5.74, 6) is 4.18. The van der Waals surface area contributed by atoms with Gasteiger partial charge in [0.2, 0.25) is 0 Å². The molecule has 1 aromatic carbocycles. The zero-order valence-corrected chi connectivity index (χ0v) is 7.49. The Kier molecular flexibility index (Phi) is 3.11. The molecule has 0 aliphatic rings. The summed E-state index contributed by atoms with van der Waals surface area (Å²) in [4.78, 5) is 10.2. The van der Waals surface area contributed by atoms with Gasteiger partial charge in [0.1, 0.15) is 0 Å². The first-order valence-electron chi connectivity index (χ1n) is 3.57. The van der Waals surface area contributed by atoms with Crippen LogP contribution in [0, 0.1) is 0 Å². The van der Waals surface area contributed by atoms with Gasteiger partial charge in [0.25, 0.3) is 0 Å². The maximum Gasteiger partial charge on any atom is 0.0737 e. The predicted molar refractivity (Wildman–Crippen MR) is 48.0 cm³/mol. The van der Waals surface area contributed by atoms with E-state index in [1.54, 1.807) is 24.3 Å². The van der Waals surface area contributed by atoms with Crippen molar-refractivity contribution in [1.82, 2.24) is 0 Å². The molecule has 0 amide bonds. The van der Waals surface area contributed by atoms with Crippen LogP contribution in [0.15, 0.2) is 24.3 Å². The fourth-order valence-corrected chi connectivity index (χ4v) is 1.07. The Morgan fingerprint density at radius 3 is 2.85 bits per heavy atom. The number of carbonyl (C=O) groups excluding carboxylic acids is 1. The van der Waals surface area contributed by atoms with Crippen molar-refractivity contribution in [1.29, 1.82) is 0 Å². The van der Waals surface area contributed by atoms with Crippen LogP contribution in [0.2, 0.25) is 5.02 Å². The van der Waals surface area contributed by atoms with Gasteiger partial charge < -0.3 is 14.9 Å². The summed E-state index contributed by atoms with van der Waals surface area (Å²) in [6.45, 7) is -0.361. The number of carboxylic acids is 1. The third kappa shape index (κ3) is 2.93. The quantitative estimate of drug-likeness (QED) is 0.539. The van der Waals surface area contributed by atoms with Gasteiger partial charge in [-0.1, -0.05) is 17.7 Å². The van der Waals surface area contributed by atoms with E-state index in [4.69, 9.17) is 17.4 Å². The molecule has 2 N–H and O–H groups in total. The van der Waals surface area contributed by atoms with Crippen molar-refractivity contribution in [3.8, 4) is 0 Å². The topological polar surface area (TPSA) is 69.4 Å². The van der Waals surface area contributed by atoms with E-state index in [2.05, 4.69) is 0 Å². The number of benzene rings is 1. The molecule has 5 heteroatoms. The number of anilines is 1. The Labute approximate surface area is 80.5 Å². The molecule has 4 nitrogen and oxygen atoms in total. The van der Waals surface area contributed by atoms with Crippen LogP contribution in [0.25, 0.3) is 0 Å². The fraction of sp³-hybridized carbons (Fsp3) is 0.125. The second kappa shape index (κ2) is 4.11. The molecular formula is C8H8ClN2O2-. The number of hydrogen-bond acceptors (Lipinski definition) is 4. The Morgan fingerprint density at radius 2 is 2.31 bits per heavy atom. The van der Waals surface area contributed by atoms with E-state index < -0.39 is 5.97 Å². The maximum atomic E-state index is 10.2. The molecule has 0 bridgehead atoms. The number of carbonyl (C=O) groups is 1. The van der Waals surface area contributed by atoms with Crippen LogP contribution in [0.1, 0.15) is 0 Å². The third-order valence-corrected chi connectivity index (χ3v) is 1.67. The number of rotatable bonds is 3. The summed E-state index contributed by atoms with van der Waals surface area (Å²) >= 11 is 5.68. The van der Waals surface area contributed by atoms with E-state index in [-0.39, 0.29) is 6.54 Å². The van der Waals surface area contributed by atoms with Crippen molar-refractivity contribution in [3.63, 3.8) is 0 Å². The molecule has 0 atom stereocenters. The first kappa shape index (κ1) is 9.83. The van der Waals surface area contributed by atoms with E-state index in [9.17, 15) is 9.90 Å². The minimum Gasteiger partial charge on any atom is -0.548 e. The summed E-state index contributed by atoms with van der Waals surface area (Å²) in [7, 11) is 0. The molecule has 0 fully saturated rings. The molecular weight excluding hydrogens is 192 g/mol. The lowest BCUT2D eigenvalue weighted by Gasteiger charge is -2.18. The van der Waals surface area contributed by atoms with Gasteiger partial charge in [-0.2, -0.15) is 0 Å². The van der Waals surface area contributed by atoms with Gasteiger partial charge in [0.15, 0.2) is 0 Å². The van der Waals surface area contributed by atoms with Crippen LogP contribution >= 0.6 is 11.6 Å². The summed E-state index contributed by atoms with van der Waals surface area (Å²) in [6.07, 6.45) is 0. The molecule has 0 aliphatic carbocycles. The average molecular weight is 200 g/mol. The molecule has 0 saturated carbocycles. The van der Waals surface area contributed by atoms with E-state index in [0.717, 1.165) is 5.01 Å². The van der Waals surface area contributed by atoms with Crippen LogP contribution in [0.3, 0.4) is 0 Å². The molecule has 0 heterocycles. The normalized spacial score (nSPS) is 9.69. The second-order valence-electron chi connectivity index (χ2n) is 2.48. The Balaban J connectivity index is 2.76. The third-order valence-electron chi connectivity index (χ3n) is 1.44. The number of aliphatic carboxylic acids is 1. The van der Waals surface area contributed by atoms with E-state index >= 15 is 0 Å². The predicted octanol–water partition coefficient (Wildman–Crippen LogP) is -0.230. The van der Waals surface area contributed by atoms with Crippen LogP contribution in [0.4, 0.5) is 5.69 Å². The van der Waals surface area contributed by atoms with E-state index in [0.29, 0.717) is 10.7 Å². The van der Waals surface area contributed by atoms with Crippen molar-refractivity contribution in [2.24, 2.45) is 5.84 Å². The van der Waals surface area contributed by atoms with Crippen molar-refractivity contribution < 1.29 is 9.90 Å². The van der Waals surface area contributed by atoms with Crippen LogP contribution in [-0.2, 0) is 4.79 Å². The lowest BCUT2D eigenvalue weighted by Crippen LogP contribution is -2.42. The van der Waals surface area contributed by atoms with Crippen LogP contribution in [-0.4, -0.2) is 12.5 Å². The number of carboxylic acid groups (broad SMARTS) is 1. The number of nitrogens with zero attached hydrogens (tertiary/aromatic N) is 1. The summed E-state index contributed by atoms with van der Waals surface area (Å²) < 4.78 is 0. The van der Waals surface area contributed by atoms with Crippen molar-refractivity contribution in [2.75, 3.05) is 11.6 Å². The minimum absolute atomic E-state index is 0.361. The minimum atomic E-state index is -1.23. The molecule has 0 unspecified atom stereocenters. The number of hydrogen-bond donors (Lipinski definition) is 1. The molecule has 0 spiro atoms. The van der Waals surface area contributed by atoms with Gasteiger partial charge in [-0.3, -0.25) is 0 Å². The standard InChI is InChI=1S/C8H9ClN2O2/c9-6-2-1-3-7(4-6)11(10)5-8(12)13/h1-4H,5,10H2,(H,12,13)/p-1. The van der Waals surface area contributed by atoms with Gasteiger partial charge >= 0.3 is 0 Å². The smallest absolute Gasteiger partial charge is 0.0737 e. The van der Waals surface area contributed by atoms with Gasteiger partial charge in [-0.05, 0) is 18.2 Å². The van der Waals surface area contributed by atoms with Gasteiger partial charge in [-0.15, -0.1) is 0 Å². The van der Waals surface area contributed by atoms with Crippen molar-refractivity contribution in [2.45, 2.75) is 0 Å². The zero-order valence-electron chi connectivity index (χ0n) is 6.74. The molecule has 0 aliphatic heterocycles. The largest absolute Gasteiger partial charge is 0.548 e. The van der Waals surface area contributed by atoms with Crippen LogP contribution < -0.4 is 16.0 Å².